The monoisotopic (exact) mass is 945 g/mol. The molecule has 0 aromatic carbocycles. The lowest BCUT2D eigenvalue weighted by molar-refractivity contribution is -0.870. The van der Waals surface area contributed by atoms with Gasteiger partial charge < -0.3 is 37.7 Å². The quantitative estimate of drug-likeness (QED) is 0.116. The molecule has 4 unspecified atom stereocenters. The molecule has 1 aliphatic heterocycles. The predicted octanol–water partition coefficient (Wildman–Crippen LogP) is 6.16. The number of quaternary nitrogens is 2. The fraction of sp³-hybridized carbons (Fsp3) is 0.833. The summed E-state index contributed by atoms with van der Waals surface area (Å²) in [5.74, 6) is 25.0. The first-order valence-corrected chi connectivity index (χ1v) is 26.7. The van der Waals surface area contributed by atoms with Gasteiger partial charge >= 0.3 is 16.3 Å². The summed E-state index contributed by atoms with van der Waals surface area (Å²) >= 11 is 0. The summed E-state index contributed by atoms with van der Waals surface area (Å²) in [4.78, 5) is 45.5. The highest BCUT2D eigenvalue weighted by molar-refractivity contribution is 7.53. The van der Waals surface area contributed by atoms with E-state index in [2.05, 4.69) is 47.4 Å². The molecule has 0 radical (unpaired) electrons. The Hall–Kier alpha value is -1.46. The molecule has 0 aromatic rings. The number of rotatable bonds is 14. The Morgan fingerprint density at radius 3 is 1.20 bits per heavy atom. The van der Waals surface area contributed by atoms with Crippen molar-refractivity contribution in [2.24, 2.45) is 0 Å². The van der Waals surface area contributed by atoms with E-state index in [1.54, 1.807) is 0 Å². The average Bonchev–Trinajstić information content (AvgIpc) is 3.21. The van der Waals surface area contributed by atoms with Crippen LogP contribution in [0, 0.1) is 47.4 Å². The summed E-state index contributed by atoms with van der Waals surface area (Å²) in [6.45, 7) is 3.85. The predicted molar refractivity (Wildman–Crippen MR) is 252 cm³/mol. The van der Waals surface area contributed by atoms with Crippen molar-refractivity contribution in [1.82, 2.24) is 0 Å². The first-order chi connectivity index (χ1) is 30.6. The van der Waals surface area contributed by atoms with E-state index in [0.717, 1.165) is 122 Å². The van der Waals surface area contributed by atoms with Crippen molar-refractivity contribution in [3.05, 3.63) is 0 Å². The second kappa shape index (κ2) is 38.5. The van der Waals surface area contributed by atoms with Crippen LogP contribution in [0.5, 0.6) is 0 Å². The lowest BCUT2D eigenvalue weighted by Gasteiger charge is -2.26. The van der Waals surface area contributed by atoms with E-state index in [1.165, 1.54) is 0 Å². The van der Waals surface area contributed by atoms with Gasteiger partial charge in [0.25, 0.3) is 0 Å². The number of hydrogen-bond donors (Lipinski definition) is 2. The van der Waals surface area contributed by atoms with Gasteiger partial charge in [-0.2, -0.15) is 27.9 Å². The Morgan fingerprint density at radius 2 is 0.812 bits per heavy atom. The number of phosphoric acid groups is 2. The minimum atomic E-state index is -4.21. The minimum absolute atomic E-state index is 0.0904. The largest absolute Gasteiger partial charge is 0.606 e. The van der Waals surface area contributed by atoms with Gasteiger partial charge in [-0.3, -0.25) is 0 Å². The molecule has 64 heavy (non-hydrogen) atoms. The van der Waals surface area contributed by atoms with Crippen molar-refractivity contribution in [1.29, 1.82) is 0 Å². The van der Waals surface area contributed by atoms with Crippen LogP contribution in [0.25, 0.3) is 0 Å². The molecule has 14 nitrogen and oxygen atoms in total. The molecule has 0 aromatic heterocycles. The summed E-state index contributed by atoms with van der Waals surface area (Å²) in [5, 5.41) is 0. The number of ether oxygens (including phenoxy) is 4. The van der Waals surface area contributed by atoms with Crippen LogP contribution < -0.4 is 9.79 Å². The Balaban J connectivity index is 2.64. The zero-order chi connectivity index (χ0) is 47.1. The molecular weight excluding hydrogens is 858 g/mol. The van der Waals surface area contributed by atoms with Crippen molar-refractivity contribution >= 4 is 16.3 Å². The molecule has 0 fully saturated rings. The Morgan fingerprint density at radius 1 is 0.469 bits per heavy atom. The molecule has 2 N–H and O–H groups in total. The first-order valence-electron chi connectivity index (χ1n) is 23.7. The highest BCUT2D eigenvalue weighted by Gasteiger charge is 2.31. The summed E-state index contributed by atoms with van der Waals surface area (Å²) in [6, 6.07) is 0. The second-order valence-electron chi connectivity index (χ2n) is 18.1. The average molecular weight is 945 g/mol. The van der Waals surface area contributed by atoms with Crippen LogP contribution in [0.2, 0.25) is 0 Å². The summed E-state index contributed by atoms with van der Waals surface area (Å²) in [5.41, 5.74) is 0. The van der Waals surface area contributed by atoms with Crippen molar-refractivity contribution in [3.63, 3.8) is 0 Å². The SMILES string of the molecule is C[N+](C)(C)CCO[P+]([O-])(O)OCC1COCCCCCC#CCC#CCCCCCCOCC(CO[P+]([O-])(O)OCC[N+](C)(C)C)OCCCCCCC#CC#CCCCCCCO1. The van der Waals surface area contributed by atoms with Crippen LogP contribution in [-0.4, -0.2) is 152 Å². The van der Waals surface area contributed by atoms with E-state index >= 15 is 0 Å². The molecule has 368 valence electrons. The Kier molecular flexibility index (Phi) is 36.4. The van der Waals surface area contributed by atoms with E-state index in [4.69, 9.17) is 37.0 Å². The molecule has 1 heterocycles. The lowest BCUT2D eigenvalue weighted by atomic mass is 10.1. The first kappa shape index (κ1) is 60.6. The number of nitrogens with zero attached hydrogens (tertiary/aromatic N) is 2. The molecule has 4 atom stereocenters. The minimum Gasteiger partial charge on any atom is -0.606 e. The molecule has 0 saturated carbocycles. The zero-order valence-electron chi connectivity index (χ0n) is 40.5. The van der Waals surface area contributed by atoms with Gasteiger partial charge in [0.15, 0.2) is 0 Å². The van der Waals surface area contributed by atoms with Crippen LogP contribution in [0.1, 0.15) is 128 Å². The van der Waals surface area contributed by atoms with Crippen molar-refractivity contribution in [2.45, 2.75) is 141 Å². The van der Waals surface area contributed by atoms with Crippen LogP contribution in [-0.2, 0) is 37.0 Å². The van der Waals surface area contributed by atoms with E-state index < -0.39 is 28.5 Å². The third-order valence-corrected chi connectivity index (χ3v) is 11.7. The molecule has 0 spiro atoms. The van der Waals surface area contributed by atoms with Crippen molar-refractivity contribution in [3.8, 4) is 47.4 Å². The summed E-state index contributed by atoms with van der Waals surface area (Å²) in [7, 11) is 3.48. The van der Waals surface area contributed by atoms with Gasteiger partial charge in [0.05, 0.1) is 61.9 Å². The smallest absolute Gasteiger partial charge is 0.377 e. The van der Waals surface area contributed by atoms with E-state index in [0.29, 0.717) is 54.9 Å². The van der Waals surface area contributed by atoms with Crippen molar-refractivity contribution in [2.75, 3.05) is 121 Å². The third-order valence-electron chi connectivity index (χ3n) is 9.68. The number of phosphoric ester groups is 2. The second-order valence-corrected chi connectivity index (χ2v) is 21.1. The molecule has 0 saturated heterocycles. The molecule has 0 aliphatic carbocycles. The molecule has 0 bridgehead atoms. The standard InChI is InChI=1S/C48H84N2O12P2/c1-49(2,3)35-41-59-63(51,52)61-45-47-43-55-37-31-27-23-19-15-11-7-8-12-16-20-24-28-32-38-56-44-48(46-62-64(53,54)60-42-36-50(4,5)6)58-40-34-30-26-22-18-14-10-9-13-17-21-25-29-33-39-57-47/h47-48H,7,16-46H2,1-6H3/p+2. The molecule has 0 amide bonds. The van der Waals surface area contributed by atoms with Crippen molar-refractivity contribution < 1.29 is 65.6 Å². The molecular formula is C48H86N2O12P2+2. The van der Waals surface area contributed by atoms with Gasteiger partial charge in [-0.25, -0.2) is 0 Å². The fourth-order valence-corrected chi connectivity index (χ4v) is 7.25. The maximum atomic E-state index is 12.5. The number of hydrogen-bond acceptors (Lipinski definition) is 12. The van der Waals surface area contributed by atoms with E-state index in [9.17, 15) is 19.6 Å². The van der Waals surface area contributed by atoms with Gasteiger partial charge in [-0.1, -0.05) is 68.6 Å². The maximum absolute atomic E-state index is 12.5. The van der Waals surface area contributed by atoms with Crippen LogP contribution >= 0.6 is 16.3 Å². The topological polar surface area (TPSA) is 160 Å². The Labute approximate surface area is 390 Å². The van der Waals surface area contributed by atoms with Gasteiger partial charge in [-0.15, -0.1) is 11.8 Å². The molecule has 1 aliphatic rings. The van der Waals surface area contributed by atoms with Gasteiger partial charge in [0.1, 0.15) is 51.7 Å². The van der Waals surface area contributed by atoms with E-state index in [1.807, 2.05) is 42.3 Å². The van der Waals surface area contributed by atoms with Gasteiger partial charge in [0.2, 0.25) is 0 Å². The highest BCUT2D eigenvalue weighted by Crippen LogP contribution is 2.48. The zero-order valence-corrected chi connectivity index (χ0v) is 42.3. The summed E-state index contributed by atoms with van der Waals surface area (Å²) < 4.78 is 46.1. The number of likely N-dealkylation sites (N-methyl/N-ethyl adjacent to an activating group) is 2. The highest BCUT2D eigenvalue weighted by atomic mass is 31.2. The lowest BCUT2D eigenvalue weighted by Crippen LogP contribution is -2.38. The summed E-state index contributed by atoms with van der Waals surface area (Å²) in [6.07, 6.45) is 17.4. The van der Waals surface area contributed by atoms with Gasteiger partial charge in [-0.05, 0) is 63.2 Å². The van der Waals surface area contributed by atoms with Crippen LogP contribution in [0.3, 0.4) is 0 Å². The Bertz CT molecular complexity index is 1410. The van der Waals surface area contributed by atoms with E-state index in [-0.39, 0.29) is 39.6 Å². The normalized spacial score (nSPS) is 22.5. The fourth-order valence-electron chi connectivity index (χ4n) is 5.77. The molecule has 1 rings (SSSR count). The van der Waals surface area contributed by atoms with Crippen LogP contribution in [0.15, 0.2) is 0 Å². The molecule has 16 heteroatoms. The van der Waals surface area contributed by atoms with Gasteiger partial charge in [0, 0.05) is 52.1 Å². The third kappa shape index (κ3) is 43.1. The van der Waals surface area contributed by atoms with Crippen LogP contribution in [0.4, 0.5) is 0 Å². The maximum Gasteiger partial charge on any atom is 0.377 e.